The van der Waals surface area contributed by atoms with E-state index in [1.165, 1.54) is 18.2 Å². The lowest BCUT2D eigenvalue weighted by atomic mass is 10.3. The summed E-state index contributed by atoms with van der Waals surface area (Å²) in [7, 11) is 0. The number of hydrogen-bond donors (Lipinski definition) is 0. The fraction of sp³-hybridized carbons (Fsp3) is 0.100. The molecule has 0 aliphatic carbocycles. The molecular formula is C10H4Cl2F3N3O2. The molecular weight excluding hydrogens is 322 g/mol. The predicted molar refractivity (Wildman–Crippen MR) is 65.2 cm³/mol. The molecule has 1 aromatic carbocycles. The lowest BCUT2D eigenvalue weighted by molar-refractivity contribution is -0.388. The smallest absolute Gasteiger partial charge is 0.258 e. The van der Waals surface area contributed by atoms with Crippen LogP contribution in [0.15, 0.2) is 24.3 Å². The number of nitrogens with zero attached hydrogens (tertiary/aromatic N) is 3. The normalized spacial score (nSPS) is 11.7. The van der Waals surface area contributed by atoms with E-state index in [0.29, 0.717) is 4.68 Å². The number of halogens is 5. The summed E-state index contributed by atoms with van der Waals surface area (Å²) in [5.74, 6) is 0. The Morgan fingerprint density at radius 3 is 2.30 bits per heavy atom. The van der Waals surface area contributed by atoms with Crippen molar-refractivity contribution in [3.8, 4) is 5.69 Å². The molecule has 1 aromatic heterocycles. The van der Waals surface area contributed by atoms with E-state index in [2.05, 4.69) is 5.10 Å². The molecule has 20 heavy (non-hydrogen) atoms. The lowest BCUT2D eigenvalue weighted by Gasteiger charge is -2.04. The maximum absolute atomic E-state index is 12.7. The molecule has 0 fully saturated rings. The van der Waals surface area contributed by atoms with E-state index >= 15 is 0 Å². The Kier molecular flexibility index (Phi) is 3.61. The van der Waals surface area contributed by atoms with Gasteiger partial charge in [-0.1, -0.05) is 35.3 Å². The van der Waals surface area contributed by atoms with Gasteiger partial charge >= 0.3 is 11.9 Å². The quantitative estimate of drug-likeness (QED) is 0.616. The molecule has 5 nitrogen and oxygen atoms in total. The van der Waals surface area contributed by atoms with E-state index in [1.54, 1.807) is 6.07 Å². The van der Waals surface area contributed by atoms with Crippen molar-refractivity contribution in [2.24, 2.45) is 0 Å². The van der Waals surface area contributed by atoms with Gasteiger partial charge < -0.3 is 0 Å². The molecule has 0 bridgehead atoms. The van der Waals surface area contributed by atoms with Crippen LogP contribution in [0.1, 0.15) is 5.69 Å². The van der Waals surface area contributed by atoms with Crippen LogP contribution in [0.2, 0.25) is 10.2 Å². The van der Waals surface area contributed by atoms with Crippen molar-refractivity contribution in [1.29, 1.82) is 0 Å². The number of aromatic nitrogens is 2. The summed E-state index contributed by atoms with van der Waals surface area (Å²) in [6.45, 7) is 0. The van der Waals surface area contributed by atoms with Crippen molar-refractivity contribution in [2.45, 2.75) is 6.18 Å². The molecule has 0 radical (unpaired) electrons. The maximum atomic E-state index is 12.7. The highest BCUT2D eigenvalue weighted by Crippen LogP contribution is 2.40. The van der Waals surface area contributed by atoms with Gasteiger partial charge in [-0.15, -0.1) is 0 Å². The highest BCUT2D eigenvalue weighted by Gasteiger charge is 2.45. The van der Waals surface area contributed by atoms with E-state index in [0.717, 1.165) is 0 Å². The van der Waals surface area contributed by atoms with Crippen LogP contribution >= 0.6 is 23.2 Å². The molecule has 0 amide bonds. The number of nitro groups is 1. The fourth-order valence-electron chi connectivity index (χ4n) is 1.53. The van der Waals surface area contributed by atoms with Gasteiger partial charge in [-0.05, 0) is 12.1 Å². The van der Waals surface area contributed by atoms with Crippen molar-refractivity contribution in [3.63, 3.8) is 0 Å². The van der Waals surface area contributed by atoms with E-state index < -0.39 is 27.6 Å². The van der Waals surface area contributed by atoms with Crippen LogP contribution in [0, 0.1) is 10.1 Å². The zero-order valence-corrected chi connectivity index (χ0v) is 10.9. The Morgan fingerprint density at radius 1 is 1.25 bits per heavy atom. The van der Waals surface area contributed by atoms with Crippen LogP contribution in [-0.2, 0) is 6.18 Å². The van der Waals surface area contributed by atoms with Crippen LogP contribution in [-0.4, -0.2) is 14.7 Å². The second-order valence-corrected chi connectivity index (χ2v) is 4.37. The summed E-state index contributed by atoms with van der Waals surface area (Å²) in [4.78, 5) is 9.52. The van der Waals surface area contributed by atoms with Crippen molar-refractivity contribution in [3.05, 3.63) is 50.2 Å². The highest BCUT2D eigenvalue weighted by molar-refractivity contribution is 6.34. The van der Waals surface area contributed by atoms with Crippen molar-refractivity contribution in [1.82, 2.24) is 9.78 Å². The molecule has 0 atom stereocenters. The zero-order valence-electron chi connectivity index (χ0n) is 9.36. The van der Waals surface area contributed by atoms with Gasteiger partial charge in [0.05, 0.1) is 15.6 Å². The number of para-hydroxylation sites is 1. The molecule has 0 N–H and O–H groups in total. The van der Waals surface area contributed by atoms with Gasteiger partial charge in [0.2, 0.25) is 10.8 Å². The largest absolute Gasteiger partial charge is 0.442 e. The van der Waals surface area contributed by atoms with Crippen LogP contribution in [0.3, 0.4) is 0 Å². The highest BCUT2D eigenvalue weighted by atomic mass is 35.5. The molecule has 2 aromatic rings. The van der Waals surface area contributed by atoms with Gasteiger partial charge in [-0.2, -0.15) is 18.3 Å². The summed E-state index contributed by atoms with van der Waals surface area (Å²) in [5, 5.41) is 13.2. The van der Waals surface area contributed by atoms with Gasteiger partial charge in [0.25, 0.3) is 0 Å². The van der Waals surface area contributed by atoms with Gasteiger partial charge in [-0.25, -0.2) is 4.68 Å². The molecule has 0 spiro atoms. The fourth-order valence-corrected chi connectivity index (χ4v) is 2.03. The summed E-state index contributed by atoms with van der Waals surface area (Å²) in [5.41, 5.74) is -2.97. The second-order valence-electron chi connectivity index (χ2n) is 3.61. The predicted octanol–water partition coefficient (Wildman–Crippen LogP) is 4.11. The van der Waals surface area contributed by atoms with E-state index in [4.69, 9.17) is 23.2 Å². The number of alkyl halides is 3. The van der Waals surface area contributed by atoms with E-state index in [9.17, 15) is 23.3 Å². The molecule has 0 aliphatic rings. The van der Waals surface area contributed by atoms with E-state index in [-0.39, 0.29) is 10.7 Å². The number of hydrogen-bond acceptors (Lipinski definition) is 3. The minimum atomic E-state index is -5.00. The molecule has 0 unspecified atom stereocenters. The average molecular weight is 326 g/mol. The van der Waals surface area contributed by atoms with Crippen LogP contribution in [0.5, 0.6) is 0 Å². The average Bonchev–Trinajstić information content (AvgIpc) is 2.67. The molecule has 2 rings (SSSR count). The summed E-state index contributed by atoms with van der Waals surface area (Å²) >= 11 is 11.5. The van der Waals surface area contributed by atoms with Gasteiger partial charge in [0.15, 0.2) is 0 Å². The number of benzene rings is 1. The third-order valence-electron chi connectivity index (χ3n) is 2.34. The van der Waals surface area contributed by atoms with Gasteiger partial charge in [-0.3, -0.25) is 10.1 Å². The first-order valence-corrected chi connectivity index (χ1v) is 5.74. The molecule has 10 heteroatoms. The third-order valence-corrected chi connectivity index (χ3v) is 3.00. The SMILES string of the molecule is O=[N+]([O-])c1c(C(F)(F)F)nn(-c2ccccc2Cl)c1Cl. The second kappa shape index (κ2) is 4.95. The Balaban J connectivity index is 2.75. The topological polar surface area (TPSA) is 61.0 Å². The lowest BCUT2D eigenvalue weighted by Crippen LogP contribution is -2.09. The maximum Gasteiger partial charge on any atom is 0.442 e. The molecule has 0 saturated carbocycles. The van der Waals surface area contributed by atoms with Crippen LogP contribution < -0.4 is 0 Å². The Bertz CT molecular complexity index is 685. The molecule has 1 heterocycles. The van der Waals surface area contributed by atoms with Gasteiger partial charge in [0, 0.05) is 0 Å². The standard InChI is InChI=1S/C10H4Cl2F3N3O2/c11-5-3-1-2-4-6(5)17-9(12)7(18(19)20)8(16-17)10(13,14)15/h1-4H. The van der Waals surface area contributed by atoms with E-state index in [1.807, 2.05) is 0 Å². The molecule has 0 aliphatic heterocycles. The monoisotopic (exact) mass is 325 g/mol. The van der Waals surface area contributed by atoms with Crippen molar-refractivity contribution < 1.29 is 18.1 Å². The Morgan fingerprint density at radius 2 is 1.85 bits per heavy atom. The summed E-state index contributed by atoms with van der Waals surface area (Å²) in [6.07, 6.45) is -5.00. The summed E-state index contributed by atoms with van der Waals surface area (Å²) in [6, 6.07) is 5.76. The molecule has 0 saturated heterocycles. The number of rotatable bonds is 2. The Hall–Kier alpha value is -1.80. The Labute approximate surface area is 119 Å². The van der Waals surface area contributed by atoms with Gasteiger partial charge in [0.1, 0.15) is 0 Å². The molecule has 106 valence electrons. The minimum absolute atomic E-state index is 0.0118. The first kappa shape index (κ1) is 14.6. The van der Waals surface area contributed by atoms with Crippen molar-refractivity contribution >= 4 is 28.9 Å². The minimum Gasteiger partial charge on any atom is -0.258 e. The summed E-state index contributed by atoms with van der Waals surface area (Å²) < 4.78 is 38.8. The van der Waals surface area contributed by atoms with Crippen LogP contribution in [0.25, 0.3) is 5.69 Å². The first-order chi connectivity index (χ1) is 9.23. The zero-order chi connectivity index (χ0) is 15.1. The van der Waals surface area contributed by atoms with Crippen molar-refractivity contribution in [2.75, 3.05) is 0 Å². The third kappa shape index (κ3) is 2.44. The van der Waals surface area contributed by atoms with Crippen LogP contribution in [0.4, 0.5) is 18.9 Å². The first-order valence-electron chi connectivity index (χ1n) is 4.98.